The van der Waals surface area contributed by atoms with E-state index in [0.717, 1.165) is 24.5 Å². The Morgan fingerprint density at radius 3 is 2.77 bits per heavy atom. The zero-order chi connectivity index (χ0) is 21.3. The summed E-state index contributed by atoms with van der Waals surface area (Å²) in [7, 11) is 0. The van der Waals surface area contributed by atoms with Crippen LogP contribution in [-0.4, -0.2) is 37.2 Å². The van der Waals surface area contributed by atoms with Gasteiger partial charge in [0.05, 0.1) is 6.54 Å². The van der Waals surface area contributed by atoms with Crippen LogP contribution in [0.2, 0.25) is 5.02 Å². The molecule has 0 bridgehead atoms. The van der Waals surface area contributed by atoms with Crippen LogP contribution in [0.1, 0.15) is 30.9 Å². The van der Waals surface area contributed by atoms with Crippen LogP contribution in [0.25, 0.3) is 0 Å². The number of alkyl halides is 2. The van der Waals surface area contributed by atoms with E-state index in [1.807, 2.05) is 13.0 Å². The largest absolute Gasteiger partial charge is 0.434 e. The van der Waals surface area contributed by atoms with Crippen molar-refractivity contribution in [1.82, 2.24) is 15.6 Å². The smallest absolute Gasteiger partial charge is 0.387 e. The van der Waals surface area contributed by atoms with Gasteiger partial charge >= 0.3 is 6.61 Å². The molecule has 0 saturated carbocycles. The van der Waals surface area contributed by atoms with E-state index in [4.69, 9.17) is 11.6 Å². The maximum Gasteiger partial charge on any atom is 0.387 e. The molecule has 0 atom stereocenters. The molecule has 1 aromatic heterocycles. The molecule has 3 rings (SSSR count). The lowest BCUT2D eigenvalue weighted by Crippen LogP contribution is -2.36. The number of pyridine rings is 1. The van der Waals surface area contributed by atoms with Gasteiger partial charge in [-0.3, -0.25) is 0 Å². The van der Waals surface area contributed by atoms with Crippen molar-refractivity contribution in [2.24, 2.45) is 4.99 Å². The monoisotopic (exact) mass is 437 g/mol. The van der Waals surface area contributed by atoms with E-state index in [1.165, 1.54) is 25.0 Å². The van der Waals surface area contributed by atoms with Crippen LogP contribution in [0.15, 0.2) is 41.5 Å². The molecule has 0 radical (unpaired) electrons. The van der Waals surface area contributed by atoms with Crippen molar-refractivity contribution in [2.75, 3.05) is 24.5 Å². The van der Waals surface area contributed by atoms with Crippen LogP contribution in [0, 0.1) is 0 Å². The Morgan fingerprint density at radius 2 is 2.03 bits per heavy atom. The lowest BCUT2D eigenvalue weighted by Gasteiger charge is -2.17. The molecule has 6 nitrogen and oxygen atoms in total. The fraction of sp³-hybridized carbons (Fsp3) is 0.429. The number of nitrogens with zero attached hydrogens (tertiary/aromatic N) is 3. The number of ether oxygens (including phenoxy) is 1. The van der Waals surface area contributed by atoms with Crippen LogP contribution >= 0.6 is 11.6 Å². The minimum atomic E-state index is -2.90. The summed E-state index contributed by atoms with van der Waals surface area (Å²) in [5.41, 5.74) is 1.57. The second-order valence-corrected chi connectivity index (χ2v) is 7.33. The first-order valence-electron chi connectivity index (χ1n) is 10.0. The van der Waals surface area contributed by atoms with Crippen LogP contribution in [0.4, 0.5) is 14.6 Å². The number of rotatable bonds is 8. The highest BCUT2D eigenvalue weighted by atomic mass is 35.5. The van der Waals surface area contributed by atoms with E-state index in [0.29, 0.717) is 29.6 Å². The topological polar surface area (TPSA) is 61.8 Å². The lowest BCUT2D eigenvalue weighted by atomic mass is 10.2. The molecule has 1 saturated heterocycles. The minimum Gasteiger partial charge on any atom is -0.434 e. The Hall–Kier alpha value is -2.61. The summed E-state index contributed by atoms with van der Waals surface area (Å²) in [6.07, 6.45) is 4.19. The van der Waals surface area contributed by atoms with E-state index in [9.17, 15) is 8.78 Å². The van der Waals surface area contributed by atoms with Crippen LogP contribution in [-0.2, 0) is 13.1 Å². The highest BCUT2D eigenvalue weighted by molar-refractivity contribution is 6.30. The number of hydrogen-bond donors (Lipinski definition) is 2. The van der Waals surface area contributed by atoms with Gasteiger partial charge in [0.15, 0.2) is 5.96 Å². The first-order chi connectivity index (χ1) is 14.5. The third-order valence-corrected chi connectivity index (χ3v) is 4.92. The van der Waals surface area contributed by atoms with Gasteiger partial charge in [0.25, 0.3) is 0 Å². The van der Waals surface area contributed by atoms with Crippen molar-refractivity contribution < 1.29 is 13.5 Å². The highest BCUT2D eigenvalue weighted by Crippen LogP contribution is 2.24. The molecule has 0 amide bonds. The van der Waals surface area contributed by atoms with Crippen LogP contribution < -0.4 is 20.3 Å². The van der Waals surface area contributed by atoms with Gasteiger partial charge in [-0.25, -0.2) is 9.98 Å². The fourth-order valence-corrected chi connectivity index (χ4v) is 3.46. The zero-order valence-corrected chi connectivity index (χ0v) is 17.6. The molecule has 2 N–H and O–H groups in total. The van der Waals surface area contributed by atoms with Gasteiger partial charge in [-0.1, -0.05) is 11.6 Å². The molecule has 1 aliphatic heterocycles. The van der Waals surface area contributed by atoms with Crippen molar-refractivity contribution in [3.05, 3.63) is 52.7 Å². The van der Waals surface area contributed by atoms with E-state index >= 15 is 0 Å². The third-order valence-electron chi connectivity index (χ3n) is 4.69. The normalized spacial score (nSPS) is 14.3. The first-order valence-corrected chi connectivity index (χ1v) is 10.4. The Labute approximate surface area is 180 Å². The molecule has 1 aliphatic rings. The molecule has 1 aromatic carbocycles. The van der Waals surface area contributed by atoms with Crippen molar-refractivity contribution in [1.29, 1.82) is 0 Å². The first kappa shape index (κ1) is 22.1. The number of guanidine groups is 1. The molecular weight excluding hydrogens is 412 g/mol. The molecule has 1 fully saturated rings. The average Bonchev–Trinajstić information content (AvgIpc) is 3.27. The van der Waals surface area contributed by atoms with Gasteiger partial charge in [-0.2, -0.15) is 8.78 Å². The molecule has 2 heterocycles. The summed E-state index contributed by atoms with van der Waals surface area (Å²) >= 11 is 6.01. The van der Waals surface area contributed by atoms with Gasteiger partial charge in [0.2, 0.25) is 0 Å². The highest BCUT2D eigenvalue weighted by Gasteiger charge is 2.14. The maximum atomic E-state index is 12.7. The standard InChI is InChI=1S/C21H26ClF2N5O/c1-2-25-21(28-14-16-12-17(22)5-6-18(16)30-20(23)24)27-13-15-7-8-26-19(11-15)29-9-3-4-10-29/h5-8,11-12,20H,2-4,9-10,13-14H2,1H3,(H2,25,27,28). The number of hydrogen-bond acceptors (Lipinski definition) is 4. The summed E-state index contributed by atoms with van der Waals surface area (Å²) in [6.45, 7) is 2.50. The quantitative estimate of drug-likeness (QED) is 0.479. The summed E-state index contributed by atoms with van der Waals surface area (Å²) in [4.78, 5) is 11.3. The molecule has 162 valence electrons. The Bertz CT molecular complexity index is 859. The van der Waals surface area contributed by atoms with Crippen molar-refractivity contribution >= 4 is 23.4 Å². The Morgan fingerprint density at radius 1 is 1.23 bits per heavy atom. The molecule has 30 heavy (non-hydrogen) atoms. The molecule has 9 heteroatoms. The number of benzene rings is 1. The lowest BCUT2D eigenvalue weighted by molar-refractivity contribution is -0.0504. The molecule has 2 aromatic rings. The van der Waals surface area contributed by atoms with E-state index in [1.54, 1.807) is 12.3 Å². The summed E-state index contributed by atoms with van der Waals surface area (Å²) in [6, 6.07) is 8.55. The van der Waals surface area contributed by atoms with Gasteiger partial charge in [0, 0.05) is 43.0 Å². The van der Waals surface area contributed by atoms with Crippen LogP contribution in [0.3, 0.4) is 0 Å². The van der Waals surface area contributed by atoms with Crippen molar-refractivity contribution in [2.45, 2.75) is 39.5 Å². The Kier molecular flexibility index (Phi) is 8.07. The molecule has 0 aliphatic carbocycles. The van der Waals surface area contributed by atoms with Crippen LogP contribution in [0.5, 0.6) is 5.75 Å². The molecule has 0 spiro atoms. The van der Waals surface area contributed by atoms with Gasteiger partial charge in [0.1, 0.15) is 11.6 Å². The van der Waals surface area contributed by atoms with E-state index in [-0.39, 0.29) is 12.3 Å². The molecule has 0 unspecified atom stereocenters. The summed E-state index contributed by atoms with van der Waals surface area (Å²) in [5, 5.41) is 6.75. The van der Waals surface area contributed by atoms with Gasteiger partial charge in [-0.15, -0.1) is 0 Å². The van der Waals surface area contributed by atoms with Crippen molar-refractivity contribution in [3.63, 3.8) is 0 Å². The van der Waals surface area contributed by atoms with Crippen molar-refractivity contribution in [3.8, 4) is 5.75 Å². The Balaban J connectivity index is 1.67. The second kappa shape index (κ2) is 11.0. The molecular formula is C21H26ClF2N5O. The zero-order valence-electron chi connectivity index (χ0n) is 16.9. The summed E-state index contributed by atoms with van der Waals surface area (Å²) < 4.78 is 29.9. The van der Waals surface area contributed by atoms with Gasteiger partial charge < -0.3 is 20.3 Å². The number of nitrogens with one attached hydrogen (secondary N) is 2. The SMILES string of the molecule is CCNC(=NCc1ccnc(N2CCCC2)c1)NCc1cc(Cl)ccc1OC(F)F. The van der Waals surface area contributed by atoms with E-state index in [2.05, 4.69) is 36.3 Å². The summed E-state index contributed by atoms with van der Waals surface area (Å²) in [5.74, 6) is 1.63. The number of anilines is 1. The maximum absolute atomic E-state index is 12.7. The predicted molar refractivity (Wildman–Crippen MR) is 115 cm³/mol. The van der Waals surface area contributed by atoms with Gasteiger partial charge in [-0.05, 0) is 55.7 Å². The number of aliphatic imine (C=N–C) groups is 1. The number of aromatic nitrogens is 1. The number of halogens is 3. The fourth-order valence-electron chi connectivity index (χ4n) is 3.27. The second-order valence-electron chi connectivity index (χ2n) is 6.90. The van der Waals surface area contributed by atoms with E-state index < -0.39 is 6.61 Å². The predicted octanol–water partition coefficient (Wildman–Crippen LogP) is 4.19. The minimum absolute atomic E-state index is 0.0853. The third kappa shape index (κ3) is 6.45. The average molecular weight is 438 g/mol.